The minimum Gasteiger partial charge on any atom is -0.382 e. The predicted molar refractivity (Wildman–Crippen MR) is 93.0 cm³/mol. The minimum atomic E-state index is 0.423. The summed E-state index contributed by atoms with van der Waals surface area (Å²) in [5.41, 5.74) is 10.1. The SMILES string of the molecule is N#Cc1cccc(-c2nc(-c3ccccc3)c3c(N)nccn23)c1. The van der Waals surface area contributed by atoms with Crippen molar-refractivity contribution >= 4 is 11.3 Å². The summed E-state index contributed by atoms with van der Waals surface area (Å²) in [6.45, 7) is 0. The van der Waals surface area contributed by atoms with E-state index in [2.05, 4.69) is 11.1 Å². The number of hydrogen-bond donors (Lipinski definition) is 1. The molecule has 0 atom stereocenters. The van der Waals surface area contributed by atoms with Gasteiger partial charge in [-0.05, 0) is 12.1 Å². The van der Waals surface area contributed by atoms with Gasteiger partial charge < -0.3 is 5.73 Å². The van der Waals surface area contributed by atoms with Gasteiger partial charge in [0, 0.05) is 23.5 Å². The first-order chi connectivity index (χ1) is 11.8. The molecule has 2 heterocycles. The fraction of sp³-hybridized carbons (Fsp3) is 0. The zero-order valence-electron chi connectivity index (χ0n) is 12.7. The lowest BCUT2D eigenvalue weighted by molar-refractivity contribution is 1.13. The first-order valence-electron chi connectivity index (χ1n) is 7.46. The number of nitriles is 1. The maximum Gasteiger partial charge on any atom is 0.150 e. The molecular weight excluding hydrogens is 298 g/mol. The molecule has 5 nitrogen and oxygen atoms in total. The van der Waals surface area contributed by atoms with Gasteiger partial charge in [0.25, 0.3) is 0 Å². The van der Waals surface area contributed by atoms with Crippen molar-refractivity contribution in [3.63, 3.8) is 0 Å². The molecule has 0 saturated carbocycles. The summed E-state index contributed by atoms with van der Waals surface area (Å²) in [5, 5.41) is 9.14. The van der Waals surface area contributed by atoms with Crippen LogP contribution in [0.5, 0.6) is 0 Å². The van der Waals surface area contributed by atoms with Crippen LogP contribution in [0.25, 0.3) is 28.2 Å². The molecule has 0 radical (unpaired) electrons. The van der Waals surface area contributed by atoms with E-state index in [0.717, 1.165) is 28.2 Å². The molecule has 2 aromatic carbocycles. The van der Waals surface area contributed by atoms with E-state index in [0.29, 0.717) is 11.4 Å². The zero-order chi connectivity index (χ0) is 16.5. The Labute approximate surface area is 138 Å². The Morgan fingerprint density at radius 1 is 1.00 bits per heavy atom. The third-order valence-corrected chi connectivity index (χ3v) is 3.88. The molecule has 0 spiro atoms. The lowest BCUT2D eigenvalue weighted by Crippen LogP contribution is -1.96. The van der Waals surface area contributed by atoms with E-state index in [1.54, 1.807) is 12.3 Å². The Morgan fingerprint density at radius 2 is 1.79 bits per heavy atom. The van der Waals surface area contributed by atoms with Crippen molar-refractivity contribution < 1.29 is 0 Å². The second-order valence-electron chi connectivity index (χ2n) is 5.37. The van der Waals surface area contributed by atoms with Crippen LogP contribution in [0, 0.1) is 11.3 Å². The molecule has 0 bridgehead atoms. The quantitative estimate of drug-likeness (QED) is 0.614. The average molecular weight is 311 g/mol. The Bertz CT molecular complexity index is 1070. The van der Waals surface area contributed by atoms with Gasteiger partial charge in [0.15, 0.2) is 0 Å². The molecule has 0 aliphatic rings. The smallest absolute Gasteiger partial charge is 0.150 e. The monoisotopic (exact) mass is 311 g/mol. The Morgan fingerprint density at radius 3 is 2.58 bits per heavy atom. The van der Waals surface area contributed by atoms with Crippen molar-refractivity contribution in [3.05, 3.63) is 72.6 Å². The van der Waals surface area contributed by atoms with Crippen molar-refractivity contribution in [1.82, 2.24) is 14.4 Å². The van der Waals surface area contributed by atoms with Crippen LogP contribution in [0.3, 0.4) is 0 Å². The van der Waals surface area contributed by atoms with Crippen molar-refractivity contribution in [1.29, 1.82) is 5.26 Å². The number of aromatic nitrogens is 3. The number of benzene rings is 2. The van der Waals surface area contributed by atoms with Crippen LogP contribution in [-0.2, 0) is 0 Å². The van der Waals surface area contributed by atoms with Crippen molar-refractivity contribution in [2.24, 2.45) is 0 Å². The normalized spacial score (nSPS) is 10.6. The molecule has 0 aliphatic heterocycles. The van der Waals surface area contributed by atoms with Crippen molar-refractivity contribution in [2.75, 3.05) is 5.73 Å². The Hall–Kier alpha value is -3.65. The molecule has 0 unspecified atom stereocenters. The van der Waals surface area contributed by atoms with E-state index in [9.17, 15) is 0 Å². The zero-order valence-corrected chi connectivity index (χ0v) is 12.7. The molecule has 0 saturated heterocycles. The summed E-state index contributed by atoms with van der Waals surface area (Å²) in [7, 11) is 0. The summed E-state index contributed by atoms with van der Waals surface area (Å²) in [6, 6.07) is 19.4. The predicted octanol–water partition coefficient (Wildman–Crippen LogP) is 3.52. The molecular formula is C19H13N5. The summed E-state index contributed by atoms with van der Waals surface area (Å²) in [6.07, 6.45) is 3.48. The van der Waals surface area contributed by atoms with E-state index < -0.39 is 0 Å². The van der Waals surface area contributed by atoms with Crippen molar-refractivity contribution in [3.8, 4) is 28.7 Å². The molecule has 114 valence electrons. The van der Waals surface area contributed by atoms with E-state index in [1.807, 2.05) is 59.1 Å². The number of rotatable bonds is 2. The fourth-order valence-corrected chi connectivity index (χ4v) is 2.79. The summed E-state index contributed by atoms with van der Waals surface area (Å²) < 4.78 is 1.92. The summed E-state index contributed by atoms with van der Waals surface area (Å²) in [5.74, 6) is 1.15. The van der Waals surface area contributed by atoms with E-state index in [4.69, 9.17) is 16.0 Å². The van der Waals surface area contributed by atoms with E-state index in [-0.39, 0.29) is 0 Å². The summed E-state index contributed by atoms with van der Waals surface area (Å²) >= 11 is 0. The molecule has 4 rings (SSSR count). The highest BCUT2D eigenvalue weighted by molar-refractivity contribution is 5.88. The Kier molecular flexibility index (Phi) is 3.22. The third-order valence-electron chi connectivity index (χ3n) is 3.88. The van der Waals surface area contributed by atoms with Gasteiger partial charge in [-0.15, -0.1) is 0 Å². The van der Waals surface area contributed by atoms with Gasteiger partial charge in [-0.2, -0.15) is 5.26 Å². The highest BCUT2D eigenvalue weighted by atomic mass is 15.1. The molecule has 0 aliphatic carbocycles. The molecule has 24 heavy (non-hydrogen) atoms. The number of hydrogen-bond acceptors (Lipinski definition) is 4. The van der Waals surface area contributed by atoms with Gasteiger partial charge in [0.2, 0.25) is 0 Å². The maximum absolute atomic E-state index is 9.14. The van der Waals surface area contributed by atoms with Crippen LogP contribution >= 0.6 is 0 Å². The van der Waals surface area contributed by atoms with Crippen LogP contribution in [0.15, 0.2) is 67.0 Å². The molecule has 0 fully saturated rings. The van der Waals surface area contributed by atoms with E-state index in [1.165, 1.54) is 0 Å². The highest BCUT2D eigenvalue weighted by Crippen LogP contribution is 2.31. The molecule has 4 aromatic rings. The lowest BCUT2D eigenvalue weighted by atomic mass is 10.1. The van der Waals surface area contributed by atoms with Gasteiger partial charge in [-0.1, -0.05) is 42.5 Å². The molecule has 2 N–H and O–H groups in total. The third kappa shape index (κ3) is 2.18. The molecule has 5 heteroatoms. The van der Waals surface area contributed by atoms with Crippen LogP contribution in [0.2, 0.25) is 0 Å². The van der Waals surface area contributed by atoms with Crippen LogP contribution in [0.1, 0.15) is 5.56 Å². The van der Waals surface area contributed by atoms with Crippen LogP contribution in [0.4, 0.5) is 5.82 Å². The highest BCUT2D eigenvalue weighted by Gasteiger charge is 2.17. The first kappa shape index (κ1) is 14.0. The molecule has 2 aromatic heterocycles. The number of fused-ring (bicyclic) bond motifs is 1. The minimum absolute atomic E-state index is 0.423. The second kappa shape index (κ2) is 5.52. The lowest BCUT2D eigenvalue weighted by Gasteiger charge is -2.03. The first-order valence-corrected chi connectivity index (χ1v) is 7.46. The largest absolute Gasteiger partial charge is 0.382 e. The summed E-state index contributed by atoms with van der Waals surface area (Å²) in [4.78, 5) is 9.00. The van der Waals surface area contributed by atoms with E-state index >= 15 is 0 Å². The number of nitrogen functional groups attached to an aromatic ring is 1. The number of nitrogens with zero attached hydrogens (tertiary/aromatic N) is 4. The van der Waals surface area contributed by atoms with Gasteiger partial charge in [0.1, 0.15) is 22.9 Å². The van der Waals surface area contributed by atoms with Gasteiger partial charge in [-0.3, -0.25) is 4.40 Å². The van der Waals surface area contributed by atoms with Gasteiger partial charge >= 0.3 is 0 Å². The fourth-order valence-electron chi connectivity index (χ4n) is 2.79. The van der Waals surface area contributed by atoms with Gasteiger partial charge in [-0.25, -0.2) is 9.97 Å². The van der Waals surface area contributed by atoms with Crippen LogP contribution in [-0.4, -0.2) is 14.4 Å². The van der Waals surface area contributed by atoms with Gasteiger partial charge in [0.05, 0.1) is 11.6 Å². The molecule has 0 amide bonds. The average Bonchev–Trinajstić information content (AvgIpc) is 3.04. The number of nitrogens with two attached hydrogens (primary N) is 1. The number of anilines is 1. The van der Waals surface area contributed by atoms with Crippen LogP contribution < -0.4 is 5.73 Å². The second-order valence-corrected chi connectivity index (χ2v) is 5.37. The topological polar surface area (TPSA) is 80.0 Å². The number of imidazole rings is 1. The maximum atomic E-state index is 9.14. The Balaban J connectivity index is 2.04. The van der Waals surface area contributed by atoms with Crippen molar-refractivity contribution in [2.45, 2.75) is 0 Å². The standard InChI is InChI=1S/C19H13N5/c20-12-13-5-4-8-15(11-13)19-23-16(14-6-2-1-3-7-14)17-18(21)22-9-10-24(17)19/h1-11H,(H2,21,22).